The Morgan fingerprint density at radius 1 is 1.40 bits per heavy atom. The number of hydrogen-bond acceptors (Lipinski definition) is 3. The van der Waals surface area contributed by atoms with Crippen LogP contribution in [0, 0.1) is 5.92 Å². The summed E-state index contributed by atoms with van der Waals surface area (Å²) in [5.74, 6) is 0.296. The Bertz CT molecular complexity index is 399. The van der Waals surface area contributed by atoms with E-state index in [1.54, 1.807) is 12.2 Å². The SMILES string of the molecule is CC(=O)OC1=CC=C2CCC(=O)C2C=C1. The van der Waals surface area contributed by atoms with E-state index in [2.05, 4.69) is 0 Å². The van der Waals surface area contributed by atoms with Gasteiger partial charge in [0.2, 0.25) is 0 Å². The van der Waals surface area contributed by atoms with Gasteiger partial charge in [-0.25, -0.2) is 0 Å². The van der Waals surface area contributed by atoms with Gasteiger partial charge in [-0.3, -0.25) is 9.59 Å². The molecule has 0 aromatic carbocycles. The van der Waals surface area contributed by atoms with E-state index in [4.69, 9.17) is 4.74 Å². The smallest absolute Gasteiger partial charge is 0.308 e. The summed E-state index contributed by atoms with van der Waals surface area (Å²) in [6.45, 7) is 1.36. The summed E-state index contributed by atoms with van der Waals surface area (Å²) < 4.78 is 4.95. The van der Waals surface area contributed by atoms with E-state index in [1.807, 2.05) is 12.2 Å². The number of rotatable bonds is 1. The maximum absolute atomic E-state index is 11.5. The van der Waals surface area contributed by atoms with Crippen LogP contribution >= 0.6 is 0 Å². The first-order valence-electron chi connectivity index (χ1n) is 4.97. The number of esters is 1. The molecule has 0 spiro atoms. The average molecular weight is 204 g/mol. The number of Topliss-reactive ketones (excluding diaryl/α,β-unsaturated/α-hetero) is 1. The molecule has 0 amide bonds. The molecule has 1 fully saturated rings. The van der Waals surface area contributed by atoms with Crippen LogP contribution in [0.4, 0.5) is 0 Å². The Kier molecular flexibility index (Phi) is 2.54. The predicted octanol–water partition coefficient (Wildman–Crippen LogP) is 1.91. The van der Waals surface area contributed by atoms with Gasteiger partial charge in [-0.05, 0) is 18.6 Å². The maximum atomic E-state index is 11.5. The monoisotopic (exact) mass is 204 g/mol. The number of carbonyl (C=O) groups excluding carboxylic acids is 2. The quantitative estimate of drug-likeness (QED) is 0.613. The second-order valence-corrected chi connectivity index (χ2v) is 3.71. The van der Waals surface area contributed by atoms with Crippen molar-refractivity contribution in [1.29, 1.82) is 0 Å². The zero-order valence-electron chi connectivity index (χ0n) is 8.53. The number of allylic oxidation sites excluding steroid dienone is 5. The van der Waals surface area contributed by atoms with Crippen molar-refractivity contribution < 1.29 is 14.3 Å². The topological polar surface area (TPSA) is 43.4 Å². The van der Waals surface area contributed by atoms with Gasteiger partial charge in [-0.15, -0.1) is 0 Å². The zero-order chi connectivity index (χ0) is 10.8. The third-order valence-corrected chi connectivity index (χ3v) is 2.58. The first-order chi connectivity index (χ1) is 7.16. The molecule has 0 radical (unpaired) electrons. The van der Waals surface area contributed by atoms with Gasteiger partial charge in [0, 0.05) is 13.3 Å². The Morgan fingerprint density at radius 2 is 2.20 bits per heavy atom. The predicted molar refractivity (Wildman–Crippen MR) is 54.8 cm³/mol. The minimum absolute atomic E-state index is 0.102. The van der Waals surface area contributed by atoms with Gasteiger partial charge in [0.15, 0.2) is 0 Å². The summed E-state index contributed by atoms with van der Waals surface area (Å²) in [6.07, 6.45) is 8.57. The normalized spacial score (nSPS) is 24.1. The first-order valence-corrected chi connectivity index (χ1v) is 4.97. The molecule has 0 bridgehead atoms. The van der Waals surface area contributed by atoms with Crippen molar-refractivity contribution in [2.75, 3.05) is 0 Å². The molecule has 0 aromatic rings. The average Bonchev–Trinajstić information content (AvgIpc) is 2.40. The Labute approximate surface area is 88.1 Å². The number of ether oxygens (including phenoxy) is 1. The minimum atomic E-state index is -0.345. The molecule has 0 N–H and O–H groups in total. The lowest BCUT2D eigenvalue weighted by molar-refractivity contribution is -0.136. The zero-order valence-corrected chi connectivity index (χ0v) is 8.53. The van der Waals surface area contributed by atoms with Crippen LogP contribution in [-0.4, -0.2) is 11.8 Å². The van der Waals surface area contributed by atoms with Gasteiger partial charge < -0.3 is 4.74 Å². The second kappa shape index (κ2) is 3.85. The molecule has 0 aromatic heterocycles. The second-order valence-electron chi connectivity index (χ2n) is 3.71. The number of carbonyl (C=O) groups is 2. The highest BCUT2D eigenvalue weighted by molar-refractivity contribution is 5.89. The largest absolute Gasteiger partial charge is 0.427 e. The van der Waals surface area contributed by atoms with Gasteiger partial charge in [0.25, 0.3) is 0 Å². The summed E-state index contributed by atoms with van der Waals surface area (Å²) in [5, 5.41) is 0. The van der Waals surface area contributed by atoms with Gasteiger partial charge in [0.05, 0.1) is 5.92 Å². The highest BCUT2D eigenvalue weighted by Gasteiger charge is 2.27. The molecular formula is C12H12O3. The number of fused-ring (bicyclic) bond motifs is 1. The highest BCUT2D eigenvalue weighted by Crippen LogP contribution is 2.31. The highest BCUT2D eigenvalue weighted by atomic mass is 16.5. The number of ketones is 1. The van der Waals surface area contributed by atoms with Crippen molar-refractivity contribution in [2.24, 2.45) is 5.92 Å². The van der Waals surface area contributed by atoms with Crippen LogP contribution < -0.4 is 0 Å². The molecule has 1 unspecified atom stereocenters. The fourth-order valence-electron chi connectivity index (χ4n) is 1.87. The number of hydrogen-bond donors (Lipinski definition) is 0. The van der Waals surface area contributed by atoms with E-state index in [0.717, 1.165) is 12.0 Å². The fourth-order valence-corrected chi connectivity index (χ4v) is 1.87. The van der Waals surface area contributed by atoms with Crippen molar-refractivity contribution >= 4 is 11.8 Å². The summed E-state index contributed by atoms with van der Waals surface area (Å²) in [6, 6.07) is 0. The molecule has 2 aliphatic carbocycles. The van der Waals surface area contributed by atoms with Crippen molar-refractivity contribution in [3.05, 3.63) is 35.6 Å². The fraction of sp³-hybridized carbons (Fsp3) is 0.333. The van der Waals surface area contributed by atoms with Gasteiger partial charge in [0.1, 0.15) is 11.5 Å². The van der Waals surface area contributed by atoms with E-state index >= 15 is 0 Å². The lowest BCUT2D eigenvalue weighted by Gasteiger charge is -2.01. The third kappa shape index (κ3) is 2.06. The Hall–Kier alpha value is -1.64. The molecular weight excluding hydrogens is 192 g/mol. The molecule has 3 nitrogen and oxygen atoms in total. The summed E-state index contributed by atoms with van der Waals surface area (Å²) in [5.41, 5.74) is 1.11. The molecule has 2 rings (SSSR count). The van der Waals surface area contributed by atoms with E-state index in [1.165, 1.54) is 6.92 Å². The molecule has 15 heavy (non-hydrogen) atoms. The molecule has 1 saturated carbocycles. The summed E-state index contributed by atoms with van der Waals surface area (Å²) in [4.78, 5) is 22.2. The summed E-state index contributed by atoms with van der Waals surface area (Å²) >= 11 is 0. The molecule has 0 saturated heterocycles. The van der Waals surface area contributed by atoms with Crippen molar-refractivity contribution in [3.63, 3.8) is 0 Å². The molecule has 3 heteroatoms. The Balaban J connectivity index is 2.21. The van der Waals surface area contributed by atoms with Crippen molar-refractivity contribution in [1.82, 2.24) is 0 Å². The lowest BCUT2D eigenvalue weighted by atomic mass is 10.0. The van der Waals surface area contributed by atoms with E-state index < -0.39 is 0 Å². The molecule has 0 aliphatic heterocycles. The van der Waals surface area contributed by atoms with Crippen LogP contribution in [0.5, 0.6) is 0 Å². The molecule has 78 valence electrons. The van der Waals surface area contributed by atoms with Crippen LogP contribution in [0.1, 0.15) is 19.8 Å². The summed E-state index contributed by atoms with van der Waals surface area (Å²) in [7, 11) is 0. The van der Waals surface area contributed by atoms with Crippen molar-refractivity contribution in [3.8, 4) is 0 Å². The minimum Gasteiger partial charge on any atom is -0.427 e. The van der Waals surface area contributed by atoms with Gasteiger partial charge >= 0.3 is 5.97 Å². The van der Waals surface area contributed by atoms with Crippen molar-refractivity contribution in [2.45, 2.75) is 19.8 Å². The molecule has 2 aliphatic rings. The van der Waals surface area contributed by atoms with Gasteiger partial charge in [-0.1, -0.05) is 17.7 Å². The third-order valence-electron chi connectivity index (χ3n) is 2.58. The van der Waals surface area contributed by atoms with Crippen LogP contribution in [0.3, 0.4) is 0 Å². The van der Waals surface area contributed by atoms with E-state index in [-0.39, 0.29) is 17.7 Å². The van der Waals surface area contributed by atoms with Crippen LogP contribution in [0.25, 0.3) is 0 Å². The lowest BCUT2D eigenvalue weighted by Crippen LogP contribution is -2.03. The van der Waals surface area contributed by atoms with Crippen LogP contribution in [0.15, 0.2) is 35.6 Å². The standard InChI is InChI=1S/C12H12O3/c1-8(13)15-10-4-2-9-3-7-12(14)11(9)6-5-10/h2,4-6,11H,3,7H2,1H3. The van der Waals surface area contributed by atoms with Crippen LogP contribution in [0.2, 0.25) is 0 Å². The molecule has 1 atom stereocenters. The Morgan fingerprint density at radius 3 is 2.93 bits per heavy atom. The van der Waals surface area contributed by atoms with Crippen LogP contribution in [-0.2, 0) is 14.3 Å². The molecule has 0 heterocycles. The van der Waals surface area contributed by atoms with E-state index in [0.29, 0.717) is 12.2 Å². The maximum Gasteiger partial charge on any atom is 0.308 e. The van der Waals surface area contributed by atoms with E-state index in [9.17, 15) is 9.59 Å². The van der Waals surface area contributed by atoms with Gasteiger partial charge in [-0.2, -0.15) is 0 Å². The first kappa shape index (κ1) is 9.90.